The minimum atomic E-state index is -0.210. The molecule has 8 nitrogen and oxygen atoms in total. The van der Waals surface area contributed by atoms with E-state index in [4.69, 9.17) is 21.1 Å². The lowest BCUT2D eigenvalue weighted by Crippen LogP contribution is -2.34. The minimum absolute atomic E-state index is 0.0403. The minimum Gasteiger partial charge on any atom is -0.486 e. The third-order valence-electron chi connectivity index (χ3n) is 4.73. The molecule has 0 saturated heterocycles. The summed E-state index contributed by atoms with van der Waals surface area (Å²) >= 11 is 6.01. The number of carbonyl (C=O) groups excluding carboxylic acids is 1. The molecular weight excluding hydrogens is 406 g/mol. The highest BCUT2D eigenvalue weighted by molar-refractivity contribution is 6.30. The van der Waals surface area contributed by atoms with Gasteiger partial charge in [0.2, 0.25) is 11.7 Å². The summed E-state index contributed by atoms with van der Waals surface area (Å²) in [7, 11) is 0. The van der Waals surface area contributed by atoms with Gasteiger partial charge in [-0.2, -0.15) is 4.80 Å². The monoisotopic (exact) mass is 427 g/mol. The van der Waals surface area contributed by atoms with Crippen molar-refractivity contribution >= 4 is 17.5 Å². The number of carbonyl (C=O) groups is 1. The average molecular weight is 428 g/mol. The third kappa shape index (κ3) is 4.54. The summed E-state index contributed by atoms with van der Waals surface area (Å²) in [6.45, 7) is 5.11. The van der Waals surface area contributed by atoms with Crippen LogP contribution >= 0.6 is 11.6 Å². The first-order valence-electron chi connectivity index (χ1n) is 9.72. The molecular formula is C21H22ClN5O3. The van der Waals surface area contributed by atoms with E-state index in [0.29, 0.717) is 29.8 Å². The standard InChI is InChI=1S/C21H22ClN5O3/c1-13(2)20(14-6-7-17-18(11-14)30-9-8-29-17)23-19(28)12-27-25-21(24-26-27)15-4-3-5-16(22)10-15/h3-7,10-11,13,20H,8-9,12H2,1-2H3,(H,23,28). The number of hydrogen-bond donors (Lipinski definition) is 1. The molecule has 1 N–H and O–H groups in total. The summed E-state index contributed by atoms with van der Waals surface area (Å²) in [4.78, 5) is 13.9. The van der Waals surface area contributed by atoms with Crippen LogP contribution in [0.1, 0.15) is 25.5 Å². The second-order valence-corrected chi connectivity index (χ2v) is 7.78. The highest BCUT2D eigenvalue weighted by Crippen LogP contribution is 2.34. The van der Waals surface area contributed by atoms with Gasteiger partial charge >= 0.3 is 0 Å². The zero-order valence-electron chi connectivity index (χ0n) is 16.7. The topological polar surface area (TPSA) is 91.2 Å². The van der Waals surface area contributed by atoms with Gasteiger partial charge in [-0.1, -0.05) is 43.6 Å². The van der Waals surface area contributed by atoms with Gasteiger partial charge in [0.15, 0.2) is 11.5 Å². The SMILES string of the molecule is CC(C)C(NC(=O)Cn1nnc(-c2cccc(Cl)c2)n1)c1ccc2c(c1)OCCO2. The second-order valence-electron chi connectivity index (χ2n) is 7.35. The normalized spacial score (nSPS) is 13.9. The molecule has 0 saturated carbocycles. The molecule has 2 heterocycles. The maximum atomic E-state index is 12.7. The van der Waals surface area contributed by atoms with Crippen LogP contribution in [-0.2, 0) is 11.3 Å². The highest BCUT2D eigenvalue weighted by atomic mass is 35.5. The first-order valence-corrected chi connectivity index (χ1v) is 10.1. The van der Waals surface area contributed by atoms with Crippen molar-refractivity contribution in [1.82, 2.24) is 25.5 Å². The number of halogens is 1. The quantitative estimate of drug-likeness (QED) is 0.649. The fourth-order valence-electron chi connectivity index (χ4n) is 3.29. The van der Waals surface area contributed by atoms with Crippen LogP contribution in [0.5, 0.6) is 11.5 Å². The molecule has 4 rings (SSSR count). The van der Waals surface area contributed by atoms with E-state index in [1.165, 1.54) is 4.80 Å². The lowest BCUT2D eigenvalue weighted by molar-refractivity contribution is -0.123. The van der Waals surface area contributed by atoms with Gasteiger partial charge in [-0.15, -0.1) is 10.2 Å². The summed E-state index contributed by atoms with van der Waals surface area (Å²) in [5.41, 5.74) is 1.69. The number of amides is 1. The number of nitrogens with zero attached hydrogens (tertiary/aromatic N) is 4. The molecule has 2 aromatic carbocycles. The molecule has 1 aliphatic heterocycles. The van der Waals surface area contributed by atoms with Crippen molar-refractivity contribution in [2.75, 3.05) is 13.2 Å². The molecule has 1 amide bonds. The van der Waals surface area contributed by atoms with Gasteiger partial charge in [0.25, 0.3) is 0 Å². The lowest BCUT2D eigenvalue weighted by atomic mass is 9.95. The number of rotatable bonds is 6. The maximum absolute atomic E-state index is 12.7. The van der Waals surface area contributed by atoms with Crippen LogP contribution in [0, 0.1) is 5.92 Å². The Labute approximate surface area is 179 Å². The average Bonchev–Trinajstić information content (AvgIpc) is 3.20. The molecule has 0 fully saturated rings. The van der Waals surface area contributed by atoms with Crippen molar-refractivity contribution in [3.63, 3.8) is 0 Å². The van der Waals surface area contributed by atoms with Crippen LogP contribution in [0.4, 0.5) is 0 Å². The van der Waals surface area contributed by atoms with Crippen molar-refractivity contribution in [2.45, 2.75) is 26.4 Å². The van der Waals surface area contributed by atoms with Crippen LogP contribution < -0.4 is 14.8 Å². The van der Waals surface area contributed by atoms with Crippen LogP contribution in [0.2, 0.25) is 5.02 Å². The molecule has 0 radical (unpaired) electrons. The highest BCUT2D eigenvalue weighted by Gasteiger charge is 2.22. The Balaban J connectivity index is 1.45. The molecule has 1 aliphatic rings. The zero-order chi connectivity index (χ0) is 21.1. The van der Waals surface area contributed by atoms with Crippen LogP contribution in [0.15, 0.2) is 42.5 Å². The van der Waals surface area contributed by atoms with Gasteiger partial charge in [0.1, 0.15) is 19.8 Å². The molecule has 1 aromatic heterocycles. The summed E-state index contributed by atoms with van der Waals surface area (Å²) in [5, 5.41) is 15.9. The number of hydrogen-bond acceptors (Lipinski definition) is 6. The lowest BCUT2D eigenvalue weighted by Gasteiger charge is -2.25. The molecule has 1 atom stereocenters. The Kier molecular flexibility index (Phi) is 5.85. The van der Waals surface area contributed by atoms with Crippen molar-refractivity contribution in [3.05, 3.63) is 53.1 Å². The molecule has 156 valence electrons. The Morgan fingerprint density at radius 3 is 2.73 bits per heavy atom. The van der Waals surface area contributed by atoms with Gasteiger partial charge in [-0.3, -0.25) is 4.79 Å². The van der Waals surface area contributed by atoms with Crippen molar-refractivity contribution < 1.29 is 14.3 Å². The van der Waals surface area contributed by atoms with Gasteiger partial charge in [-0.25, -0.2) is 0 Å². The van der Waals surface area contributed by atoms with E-state index in [9.17, 15) is 4.79 Å². The fraction of sp³-hybridized carbons (Fsp3) is 0.333. The maximum Gasteiger partial charge on any atom is 0.244 e. The second kappa shape index (κ2) is 8.71. The number of tetrazole rings is 1. The molecule has 1 unspecified atom stereocenters. The Morgan fingerprint density at radius 2 is 1.97 bits per heavy atom. The first-order chi connectivity index (χ1) is 14.5. The van der Waals surface area contributed by atoms with Crippen molar-refractivity contribution in [3.8, 4) is 22.9 Å². The van der Waals surface area contributed by atoms with Gasteiger partial charge in [0, 0.05) is 10.6 Å². The summed E-state index contributed by atoms with van der Waals surface area (Å²) in [6.07, 6.45) is 0. The number of nitrogens with one attached hydrogen (secondary N) is 1. The Bertz CT molecular complexity index is 1050. The fourth-order valence-corrected chi connectivity index (χ4v) is 3.48. The summed E-state index contributed by atoms with van der Waals surface area (Å²) in [6, 6.07) is 12.7. The zero-order valence-corrected chi connectivity index (χ0v) is 17.5. The Hall–Kier alpha value is -3.13. The molecule has 0 spiro atoms. The van der Waals surface area contributed by atoms with E-state index >= 15 is 0 Å². The molecule has 9 heteroatoms. The van der Waals surface area contributed by atoms with Crippen LogP contribution in [-0.4, -0.2) is 39.3 Å². The predicted octanol–water partition coefficient (Wildman–Crippen LogP) is 3.28. The summed E-state index contributed by atoms with van der Waals surface area (Å²) < 4.78 is 11.2. The predicted molar refractivity (Wildman–Crippen MR) is 111 cm³/mol. The molecule has 30 heavy (non-hydrogen) atoms. The van der Waals surface area contributed by atoms with E-state index in [0.717, 1.165) is 16.9 Å². The van der Waals surface area contributed by atoms with Gasteiger partial charge in [0.05, 0.1) is 6.04 Å². The third-order valence-corrected chi connectivity index (χ3v) is 4.96. The van der Waals surface area contributed by atoms with Gasteiger partial charge < -0.3 is 14.8 Å². The largest absolute Gasteiger partial charge is 0.486 e. The van der Waals surface area contributed by atoms with E-state index in [1.54, 1.807) is 12.1 Å². The van der Waals surface area contributed by atoms with Gasteiger partial charge in [-0.05, 0) is 41.0 Å². The van der Waals surface area contributed by atoms with E-state index in [-0.39, 0.29) is 24.4 Å². The van der Waals surface area contributed by atoms with Crippen LogP contribution in [0.3, 0.4) is 0 Å². The number of aromatic nitrogens is 4. The van der Waals surface area contributed by atoms with Crippen molar-refractivity contribution in [2.24, 2.45) is 5.92 Å². The van der Waals surface area contributed by atoms with E-state index in [1.807, 2.05) is 44.2 Å². The smallest absolute Gasteiger partial charge is 0.244 e. The molecule has 3 aromatic rings. The molecule has 0 aliphatic carbocycles. The first kappa shape index (κ1) is 20.2. The van der Waals surface area contributed by atoms with E-state index < -0.39 is 0 Å². The van der Waals surface area contributed by atoms with Crippen LogP contribution in [0.25, 0.3) is 11.4 Å². The Morgan fingerprint density at radius 1 is 1.17 bits per heavy atom. The number of benzene rings is 2. The number of fused-ring (bicyclic) bond motifs is 1. The summed E-state index contributed by atoms with van der Waals surface area (Å²) in [5.74, 6) is 1.79. The molecule has 0 bridgehead atoms. The number of ether oxygens (including phenoxy) is 2. The van der Waals surface area contributed by atoms with Crippen molar-refractivity contribution in [1.29, 1.82) is 0 Å². The van der Waals surface area contributed by atoms with E-state index in [2.05, 4.69) is 20.7 Å².